The maximum Gasteiger partial charge on any atom is 0.149 e. The van der Waals surface area contributed by atoms with Crippen LogP contribution in [0.5, 0.6) is 5.75 Å². The van der Waals surface area contributed by atoms with Gasteiger partial charge in [-0.25, -0.2) is 4.98 Å². The highest BCUT2D eigenvalue weighted by Gasteiger charge is 2.23. The molecule has 0 fully saturated rings. The Morgan fingerprint density at radius 2 is 1.34 bits per heavy atom. The van der Waals surface area contributed by atoms with E-state index in [-0.39, 0.29) is 0 Å². The van der Waals surface area contributed by atoms with Gasteiger partial charge in [-0.15, -0.1) is 0 Å². The minimum atomic E-state index is 0.361. The molecule has 0 bridgehead atoms. The van der Waals surface area contributed by atoms with Crippen molar-refractivity contribution < 1.29 is 5.11 Å². The highest BCUT2D eigenvalue weighted by molar-refractivity contribution is 5.97. The van der Waals surface area contributed by atoms with Crippen LogP contribution in [0.4, 0.5) is 0 Å². The van der Waals surface area contributed by atoms with Crippen molar-refractivity contribution in [3.05, 3.63) is 145 Å². The maximum absolute atomic E-state index is 11.6. The molecule has 1 aliphatic carbocycles. The average Bonchev–Trinajstić information content (AvgIpc) is 3.49. The molecule has 4 heteroatoms. The Morgan fingerprint density at radius 3 is 2.16 bits per heavy atom. The van der Waals surface area contributed by atoms with Crippen molar-refractivity contribution in [2.45, 2.75) is 25.7 Å². The lowest BCUT2D eigenvalue weighted by Crippen LogP contribution is -2.04. The molecule has 8 rings (SSSR count). The van der Waals surface area contributed by atoms with E-state index in [0.717, 1.165) is 86.4 Å². The Hall–Kier alpha value is -5.48. The molecule has 7 aromatic rings. The van der Waals surface area contributed by atoms with Gasteiger partial charge >= 0.3 is 0 Å². The number of nitrogens with zero attached hydrogens (tertiary/aromatic N) is 3. The summed E-state index contributed by atoms with van der Waals surface area (Å²) in [7, 11) is 0. The second-order valence-corrected chi connectivity index (χ2v) is 11.5. The Kier molecular flexibility index (Phi) is 6.53. The van der Waals surface area contributed by atoms with Gasteiger partial charge in [-0.1, -0.05) is 72.8 Å². The van der Waals surface area contributed by atoms with Gasteiger partial charge in [-0.3, -0.25) is 9.55 Å². The topological polar surface area (TPSA) is 50.9 Å². The monoisotopic (exact) mass is 569 g/mol. The van der Waals surface area contributed by atoms with E-state index in [1.54, 1.807) is 0 Å². The third kappa shape index (κ3) is 4.56. The predicted octanol–water partition coefficient (Wildman–Crippen LogP) is 9.67. The molecule has 2 heterocycles. The van der Waals surface area contributed by atoms with E-state index in [4.69, 9.17) is 4.98 Å². The second-order valence-electron chi connectivity index (χ2n) is 11.5. The molecule has 212 valence electrons. The van der Waals surface area contributed by atoms with Crippen molar-refractivity contribution in [1.82, 2.24) is 14.5 Å². The third-order valence-electron chi connectivity index (χ3n) is 8.75. The lowest BCUT2D eigenvalue weighted by molar-refractivity contribution is 0.463. The maximum atomic E-state index is 11.6. The number of aromatic hydroxyl groups is 1. The number of pyridine rings is 1. The summed E-state index contributed by atoms with van der Waals surface area (Å²) < 4.78 is 2.18. The predicted molar refractivity (Wildman–Crippen MR) is 179 cm³/mol. The van der Waals surface area contributed by atoms with Crippen LogP contribution in [0.1, 0.15) is 24.0 Å². The van der Waals surface area contributed by atoms with Crippen LogP contribution in [0.2, 0.25) is 0 Å². The van der Waals surface area contributed by atoms with Gasteiger partial charge in [-0.2, -0.15) is 0 Å². The first-order valence-corrected chi connectivity index (χ1v) is 15.3. The number of imidazole rings is 1. The first-order chi connectivity index (χ1) is 21.7. The minimum Gasteiger partial charge on any atom is -0.507 e. The Bertz CT molecular complexity index is 2060. The summed E-state index contributed by atoms with van der Waals surface area (Å²) in [5, 5.41) is 11.6. The number of para-hydroxylation sites is 2. The second kappa shape index (κ2) is 11.0. The molecule has 0 spiro atoms. The van der Waals surface area contributed by atoms with Crippen molar-refractivity contribution in [2.24, 2.45) is 0 Å². The van der Waals surface area contributed by atoms with Crippen LogP contribution in [0, 0.1) is 0 Å². The summed E-state index contributed by atoms with van der Waals surface area (Å²) in [4.78, 5) is 10.0. The summed E-state index contributed by atoms with van der Waals surface area (Å²) in [6, 6.07) is 44.1. The number of aryl methyl sites for hydroxylation is 1. The fraction of sp³-hybridized carbons (Fsp3) is 0.100. The van der Waals surface area contributed by atoms with E-state index in [9.17, 15) is 5.11 Å². The molecular formula is C40H31N3O. The van der Waals surface area contributed by atoms with Gasteiger partial charge in [0.15, 0.2) is 0 Å². The molecule has 0 amide bonds. The zero-order valence-corrected chi connectivity index (χ0v) is 24.3. The van der Waals surface area contributed by atoms with Crippen LogP contribution in [0.3, 0.4) is 0 Å². The van der Waals surface area contributed by atoms with E-state index in [0.29, 0.717) is 5.75 Å². The molecule has 0 saturated carbocycles. The molecule has 4 nitrogen and oxygen atoms in total. The molecule has 44 heavy (non-hydrogen) atoms. The molecule has 0 aliphatic heterocycles. The zero-order valence-electron chi connectivity index (χ0n) is 24.3. The molecule has 0 unspecified atom stereocenters. The minimum absolute atomic E-state index is 0.361. The van der Waals surface area contributed by atoms with E-state index in [2.05, 4.69) is 101 Å². The Labute approximate surface area is 257 Å². The molecule has 1 N–H and O–H groups in total. The first kappa shape index (κ1) is 26.2. The molecule has 2 aromatic heterocycles. The van der Waals surface area contributed by atoms with Crippen LogP contribution < -0.4 is 0 Å². The summed E-state index contributed by atoms with van der Waals surface area (Å²) >= 11 is 0. The van der Waals surface area contributed by atoms with Gasteiger partial charge in [0, 0.05) is 23.0 Å². The first-order valence-electron chi connectivity index (χ1n) is 15.3. The number of hydrogen-bond donors (Lipinski definition) is 1. The van der Waals surface area contributed by atoms with Gasteiger partial charge in [0.05, 0.1) is 22.3 Å². The van der Waals surface area contributed by atoms with E-state index in [1.807, 2.05) is 42.6 Å². The summed E-state index contributed by atoms with van der Waals surface area (Å²) in [5.41, 5.74) is 12.3. The van der Waals surface area contributed by atoms with Crippen LogP contribution >= 0.6 is 0 Å². The number of hydrogen-bond acceptors (Lipinski definition) is 3. The largest absolute Gasteiger partial charge is 0.507 e. The highest BCUT2D eigenvalue weighted by atomic mass is 16.3. The Balaban J connectivity index is 1.39. The number of phenols is 1. The number of benzene rings is 5. The number of fused-ring (bicyclic) bond motifs is 2. The lowest BCUT2D eigenvalue weighted by Gasteiger charge is -2.19. The quantitative estimate of drug-likeness (QED) is 0.224. The third-order valence-corrected chi connectivity index (χ3v) is 8.75. The lowest BCUT2D eigenvalue weighted by atomic mass is 9.89. The van der Waals surface area contributed by atoms with Crippen molar-refractivity contribution in [3.63, 3.8) is 0 Å². The fourth-order valence-corrected chi connectivity index (χ4v) is 6.60. The number of phenolic OH excluding ortho intramolecular Hbond substituents is 1. The van der Waals surface area contributed by atoms with Gasteiger partial charge < -0.3 is 5.11 Å². The summed E-state index contributed by atoms with van der Waals surface area (Å²) in [5.74, 6) is 1.11. The molecule has 0 radical (unpaired) electrons. The van der Waals surface area contributed by atoms with E-state index in [1.165, 1.54) is 12.0 Å². The number of rotatable bonds is 5. The molecule has 0 saturated heterocycles. The van der Waals surface area contributed by atoms with Crippen molar-refractivity contribution in [2.75, 3.05) is 0 Å². The van der Waals surface area contributed by atoms with Crippen LogP contribution in [-0.4, -0.2) is 19.6 Å². The molecular weight excluding hydrogens is 538 g/mol. The highest BCUT2D eigenvalue weighted by Crippen LogP contribution is 2.42. The standard InChI is InChI=1S/C40H31N3O/c44-39-34-17-8-7-14-28(34)21-22-35(39)40-42-38-33(18-11-20-37(38)43(40)32-15-5-2-6-16-32)30-24-29(27-12-3-1-4-13-27)25-31(26-30)36-19-9-10-23-41-36/h1-6,9-13,15-16,18-26,44H,7-8,14,17H2. The Morgan fingerprint density at radius 1 is 0.591 bits per heavy atom. The molecule has 1 aliphatic rings. The summed E-state index contributed by atoms with van der Waals surface area (Å²) in [6.45, 7) is 0. The van der Waals surface area contributed by atoms with Crippen molar-refractivity contribution in [3.8, 4) is 56.3 Å². The van der Waals surface area contributed by atoms with Crippen LogP contribution in [0.15, 0.2) is 134 Å². The van der Waals surface area contributed by atoms with Crippen LogP contribution in [-0.2, 0) is 12.8 Å². The average molecular weight is 570 g/mol. The van der Waals surface area contributed by atoms with Gasteiger partial charge in [0.2, 0.25) is 0 Å². The molecule has 0 atom stereocenters. The van der Waals surface area contributed by atoms with Crippen molar-refractivity contribution in [1.29, 1.82) is 0 Å². The fourth-order valence-electron chi connectivity index (χ4n) is 6.60. The van der Waals surface area contributed by atoms with Crippen LogP contribution in [0.25, 0.3) is 61.6 Å². The zero-order chi connectivity index (χ0) is 29.5. The van der Waals surface area contributed by atoms with Gasteiger partial charge in [-0.05, 0) is 108 Å². The van der Waals surface area contributed by atoms with E-state index < -0.39 is 0 Å². The van der Waals surface area contributed by atoms with Gasteiger partial charge in [0.25, 0.3) is 0 Å². The summed E-state index contributed by atoms with van der Waals surface area (Å²) in [6.07, 6.45) is 6.01. The number of aromatic nitrogens is 3. The van der Waals surface area contributed by atoms with E-state index >= 15 is 0 Å². The van der Waals surface area contributed by atoms with Gasteiger partial charge in [0.1, 0.15) is 11.6 Å². The molecule has 5 aromatic carbocycles. The van der Waals surface area contributed by atoms with Crippen molar-refractivity contribution >= 4 is 11.0 Å². The normalized spacial score (nSPS) is 12.7. The SMILES string of the molecule is Oc1c(-c2nc3c(-c4cc(-c5ccccc5)cc(-c5ccccn5)c4)cccc3n2-c2ccccc2)ccc2c1CCCC2. The smallest absolute Gasteiger partial charge is 0.149 e.